The van der Waals surface area contributed by atoms with Crippen molar-refractivity contribution in [1.82, 2.24) is 0 Å². The van der Waals surface area contributed by atoms with Gasteiger partial charge < -0.3 is 19.3 Å². The smallest absolute Gasteiger partial charge is 0.194 e. The second-order valence-corrected chi connectivity index (χ2v) is 15.3. The van der Waals surface area contributed by atoms with Crippen LogP contribution >= 0.6 is 0 Å². The molecule has 58 heavy (non-hydrogen) atoms. The first-order chi connectivity index (χ1) is 28.6. The molecule has 5 nitrogen and oxygen atoms in total. The number of anilines is 6. The summed E-state index contributed by atoms with van der Waals surface area (Å²) in [7, 11) is 0. The molecule has 0 atom stereocenters. The van der Waals surface area contributed by atoms with Crippen LogP contribution in [0.2, 0.25) is 0 Å². The maximum atomic E-state index is 14.1. The molecule has 0 radical (unpaired) electrons. The first-order valence-corrected chi connectivity index (χ1v) is 19.5. The third-order valence-corrected chi connectivity index (χ3v) is 12.0. The number of para-hydroxylation sites is 4. The van der Waals surface area contributed by atoms with Gasteiger partial charge in [0, 0.05) is 22.5 Å². The third-order valence-electron chi connectivity index (χ3n) is 12.0. The van der Waals surface area contributed by atoms with Crippen molar-refractivity contribution in [2.75, 3.05) is 9.80 Å². The molecular formula is C53H30N2O3. The third kappa shape index (κ3) is 4.50. The monoisotopic (exact) mass is 742 g/mol. The molecule has 0 fully saturated rings. The summed E-state index contributed by atoms with van der Waals surface area (Å²) in [5.74, 6) is 3.15. The fraction of sp³-hybridized carbons (Fsp3) is 0. The average Bonchev–Trinajstić information content (AvgIpc) is 3.54. The minimum atomic E-state index is 0.0319. The Morgan fingerprint density at radius 2 is 0.672 bits per heavy atom. The maximum Gasteiger partial charge on any atom is 0.194 e. The van der Waals surface area contributed by atoms with E-state index >= 15 is 0 Å². The molecule has 2 heterocycles. The van der Waals surface area contributed by atoms with Gasteiger partial charge in [0.25, 0.3) is 0 Å². The van der Waals surface area contributed by atoms with Crippen LogP contribution in [0.5, 0.6) is 23.0 Å². The fourth-order valence-corrected chi connectivity index (χ4v) is 9.27. The van der Waals surface area contributed by atoms with E-state index in [9.17, 15) is 4.79 Å². The Labute approximate surface area is 333 Å². The number of nitrogens with zero attached hydrogens (tertiary/aromatic N) is 2. The highest BCUT2D eigenvalue weighted by molar-refractivity contribution is 6.22. The minimum absolute atomic E-state index is 0.0319. The molecule has 2 aliphatic heterocycles. The minimum Gasteiger partial charge on any atom is -0.453 e. The van der Waals surface area contributed by atoms with Gasteiger partial charge in [0.2, 0.25) is 0 Å². The number of carbonyl (C=O) groups is 1. The van der Waals surface area contributed by atoms with Gasteiger partial charge in [-0.25, -0.2) is 0 Å². The molecular weight excluding hydrogens is 713 g/mol. The van der Waals surface area contributed by atoms with E-state index in [1.165, 1.54) is 21.5 Å². The van der Waals surface area contributed by atoms with Crippen LogP contribution in [-0.2, 0) is 0 Å². The van der Waals surface area contributed by atoms with E-state index in [0.717, 1.165) is 89.8 Å². The van der Waals surface area contributed by atoms with Crippen LogP contribution in [0.1, 0.15) is 15.9 Å². The molecule has 3 aliphatic rings. The molecule has 0 spiro atoms. The lowest BCUT2D eigenvalue weighted by atomic mass is 9.99. The Balaban J connectivity index is 0.975. The van der Waals surface area contributed by atoms with E-state index in [1.54, 1.807) is 0 Å². The summed E-state index contributed by atoms with van der Waals surface area (Å²) < 4.78 is 13.2. The predicted octanol–water partition coefficient (Wildman–Crippen LogP) is 14.7. The van der Waals surface area contributed by atoms with E-state index in [1.807, 2.05) is 48.5 Å². The van der Waals surface area contributed by atoms with Gasteiger partial charge in [0.05, 0.1) is 22.7 Å². The van der Waals surface area contributed by atoms with Crippen molar-refractivity contribution in [2.24, 2.45) is 0 Å². The van der Waals surface area contributed by atoms with Gasteiger partial charge in [-0.15, -0.1) is 0 Å². The first-order valence-electron chi connectivity index (χ1n) is 19.5. The van der Waals surface area contributed by atoms with Crippen molar-refractivity contribution in [2.45, 2.75) is 0 Å². The predicted molar refractivity (Wildman–Crippen MR) is 235 cm³/mol. The number of ketones is 1. The number of rotatable bonds is 2. The van der Waals surface area contributed by atoms with Gasteiger partial charge >= 0.3 is 0 Å². The number of benzene rings is 10. The lowest BCUT2D eigenvalue weighted by molar-refractivity contribution is 0.104. The highest BCUT2D eigenvalue weighted by atomic mass is 16.5. The van der Waals surface area contributed by atoms with E-state index < -0.39 is 0 Å². The second-order valence-electron chi connectivity index (χ2n) is 15.3. The van der Waals surface area contributed by atoms with Crippen molar-refractivity contribution < 1.29 is 14.3 Å². The molecule has 13 rings (SSSR count). The molecule has 0 saturated heterocycles. The van der Waals surface area contributed by atoms with Crippen LogP contribution in [0.3, 0.4) is 0 Å². The summed E-state index contributed by atoms with van der Waals surface area (Å²) >= 11 is 0. The SMILES string of the molecule is O=C1c2ccc(N3c4ccccc4Oc4cc5cc6ccccc6cc5cc43)cc2-c2cc(N3c4ccccc4Oc4cc5cc6ccccc6cc5cc43)ccc21. The van der Waals surface area contributed by atoms with Gasteiger partial charge in [-0.2, -0.15) is 0 Å². The van der Waals surface area contributed by atoms with Crippen LogP contribution in [-0.4, -0.2) is 5.78 Å². The summed E-state index contributed by atoms with van der Waals surface area (Å²) in [6.45, 7) is 0. The molecule has 0 amide bonds. The summed E-state index contributed by atoms with van der Waals surface area (Å²) in [5.41, 5.74) is 8.87. The Morgan fingerprint density at radius 3 is 1.10 bits per heavy atom. The summed E-state index contributed by atoms with van der Waals surface area (Å²) in [4.78, 5) is 18.6. The highest BCUT2D eigenvalue weighted by Crippen LogP contribution is 2.55. The second kappa shape index (κ2) is 11.6. The Kier molecular flexibility index (Phi) is 6.25. The maximum absolute atomic E-state index is 14.1. The van der Waals surface area contributed by atoms with Crippen molar-refractivity contribution in [3.8, 4) is 34.1 Å². The lowest BCUT2D eigenvalue weighted by Crippen LogP contribution is -2.16. The number of fused-ring (bicyclic) bond motifs is 11. The van der Waals surface area contributed by atoms with Crippen LogP contribution < -0.4 is 19.3 Å². The molecule has 10 aromatic rings. The number of hydrogen-bond acceptors (Lipinski definition) is 5. The van der Waals surface area contributed by atoms with Crippen LogP contribution in [0.4, 0.5) is 34.1 Å². The fourth-order valence-electron chi connectivity index (χ4n) is 9.27. The van der Waals surface area contributed by atoms with Gasteiger partial charge in [0.1, 0.15) is 0 Å². The molecule has 270 valence electrons. The quantitative estimate of drug-likeness (QED) is 0.165. The van der Waals surface area contributed by atoms with Gasteiger partial charge in [0.15, 0.2) is 28.8 Å². The van der Waals surface area contributed by atoms with Crippen molar-refractivity contribution in [3.05, 3.63) is 193 Å². The molecule has 0 bridgehead atoms. The lowest BCUT2D eigenvalue weighted by Gasteiger charge is -2.34. The van der Waals surface area contributed by atoms with E-state index in [0.29, 0.717) is 11.1 Å². The zero-order valence-corrected chi connectivity index (χ0v) is 30.9. The largest absolute Gasteiger partial charge is 0.453 e. The number of hydrogen-bond donors (Lipinski definition) is 0. The Hall–Kier alpha value is -7.89. The summed E-state index contributed by atoms with van der Waals surface area (Å²) in [6, 6.07) is 63.3. The highest BCUT2D eigenvalue weighted by Gasteiger charge is 2.33. The zero-order chi connectivity index (χ0) is 38.1. The molecule has 1 aliphatic carbocycles. The van der Waals surface area contributed by atoms with Gasteiger partial charge in [-0.1, -0.05) is 72.8 Å². The summed E-state index contributed by atoms with van der Waals surface area (Å²) in [6.07, 6.45) is 0. The van der Waals surface area contributed by atoms with Crippen LogP contribution in [0, 0.1) is 0 Å². The normalized spacial score (nSPS) is 13.4. The van der Waals surface area contributed by atoms with Crippen LogP contribution in [0.25, 0.3) is 54.2 Å². The van der Waals surface area contributed by atoms with Crippen LogP contribution in [0.15, 0.2) is 182 Å². The summed E-state index contributed by atoms with van der Waals surface area (Å²) in [5, 5.41) is 9.25. The zero-order valence-electron chi connectivity index (χ0n) is 30.9. The topological polar surface area (TPSA) is 42.0 Å². The number of ether oxygens (including phenoxy) is 2. The van der Waals surface area contributed by atoms with E-state index in [4.69, 9.17) is 9.47 Å². The Bertz CT molecular complexity index is 3230. The van der Waals surface area contributed by atoms with E-state index in [-0.39, 0.29) is 5.78 Å². The number of carbonyl (C=O) groups excluding carboxylic acids is 1. The molecule has 5 heteroatoms. The van der Waals surface area contributed by atoms with Crippen molar-refractivity contribution in [1.29, 1.82) is 0 Å². The molecule has 0 unspecified atom stereocenters. The van der Waals surface area contributed by atoms with E-state index in [2.05, 4.69) is 143 Å². The van der Waals surface area contributed by atoms with Gasteiger partial charge in [-0.3, -0.25) is 4.79 Å². The average molecular weight is 743 g/mol. The molecule has 10 aromatic carbocycles. The molecule has 0 saturated carbocycles. The Morgan fingerprint density at radius 1 is 0.293 bits per heavy atom. The molecule has 0 aromatic heterocycles. The van der Waals surface area contributed by atoms with Gasteiger partial charge in [-0.05, 0) is 163 Å². The van der Waals surface area contributed by atoms with Crippen molar-refractivity contribution >= 4 is 83.0 Å². The first kappa shape index (κ1) is 31.3. The standard InChI is InChI=1S/C53H30N2O3/c56-53-41-19-17-39(54-45-13-5-7-15-49(45)57-51-27-37-23-33-11-3-1-9-31(33)21-35(37)25-47(51)54)29-43(41)44-30-40(18-20-42(44)53)55-46-14-6-8-16-50(46)58-52-28-38-24-34-12-4-2-10-32(34)22-36(38)26-48(52)55/h1-30H. The van der Waals surface area contributed by atoms with Crippen molar-refractivity contribution in [3.63, 3.8) is 0 Å². The molecule has 0 N–H and O–H groups in total.